The first kappa shape index (κ1) is 35.5. The van der Waals surface area contributed by atoms with Gasteiger partial charge in [0.15, 0.2) is 5.78 Å². The number of Topliss-reactive ketones (excluding diaryl/α,β-unsaturated/α-hetero) is 2. The number of unbranched alkanes of at least 4 members (excludes halogenated alkanes) is 2. The lowest BCUT2D eigenvalue weighted by atomic mass is 9.83. The van der Waals surface area contributed by atoms with Crippen LogP contribution in [-0.4, -0.2) is 59.3 Å². The number of amides is 3. The van der Waals surface area contributed by atoms with Gasteiger partial charge in [0.05, 0.1) is 18.6 Å². The quantitative estimate of drug-likeness (QED) is 0.108. The second-order valence-corrected chi connectivity index (χ2v) is 12.0. The molecule has 0 aromatic carbocycles. The molecule has 0 saturated heterocycles. The number of ether oxygens (including phenoxy) is 1. The molecule has 0 heterocycles. The highest BCUT2D eigenvalue weighted by molar-refractivity contribution is 9.09. The van der Waals surface area contributed by atoms with Gasteiger partial charge in [-0.3, -0.25) is 19.2 Å². The first-order chi connectivity index (χ1) is 17.2. The highest BCUT2D eigenvalue weighted by Gasteiger charge is 2.33. The molecule has 214 valence electrons. The Hall–Kier alpha value is -1.49. The third kappa shape index (κ3) is 15.5. The van der Waals surface area contributed by atoms with Crippen molar-refractivity contribution in [1.29, 1.82) is 0 Å². The van der Waals surface area contributed by atoms with Gasteiger partial charge in [0.2, 0.25) is 5.91 Å². The van der Waals surface area contributed by atoms with Crippen LogP contribution in [0, 0.1) is 23.2 Å². The van der Waals surface area contributed by atoms with Gasteiger partial charge in [-0.2, -0.15) is 0 Å². The molecule has 3 amide bonds. The minimum absolute atomic E-state index is 0.00570. The zero-order valence-corrected chi connectivity index (χ0v) is 26.0. The fourth-order valence-electron chi connectivity index (χ4n) is 3.63. The molecule has 11 heteroatoms. The summed E-state index contributed by atoms with van der Waals surface area (Å²) in [4.78, 5) is 61.5. The van der Waals surface area contributed by atoms with Crippen LogP contribution in [0.5, 0.6) is 0 Å². The lowest BCUT2D eigenvalue weighted by Crippen LogP contribution is -2.48. The van der Waals surface area contributed by atoms with Crippen molar-refractivity contribution < 1.29 is 28.7 Å². The first-order valence-corrected chi connectivity index (χ1v) is 15.2. The number of esters is 1. The van der Waals surface area contributed by atoms with Crippen LogP contribution >= 0.6 is 31.9 Å². The van der Waals surface area contributed by atoms with E-state index in [1.54, 1.807) is 20.8 Å². The number of rotatable bonds is 19. The molecule has 0 bridgehead atoms. The number of carbonyl (C=O) groups is 5. The fourth-order valence-corrected chi connectivity index (χ4v) is 5.23. The van der Waals surface area contributed by atoms with E-state index in [-0.39, 0.29) is 41.7 Å². The van der Waals surface area contributed by atoms with Crippen LogP contribution in [-0.2, 0) is 23.9 Å². The molecule has 4 N–H and O–H groups in total. The number of ketones is 2. The summed E-state index contributed by atoms with van der Waals surface area (Å²) in [7, 11) is 0. The van der Waals surface area contributed by atoms with E-state index >= 15 is 0 Å². The Bertz CT molecular complexity index is 751. The van der Waals surface area contributed by atoms with E-state index in [2.05, 4.69) is 42.5 Å². The van der Waals surface area contributed by atoms with E-state index in [4.69, 9.17) is 10.5 Å². The molecule has 37 heavy (non-hydrogen) atoms. The lowest BCUT2D eigenvalue weighted by Gasteiger charge is -2.28. The third-order valence-corrected chi connectivity index (χ3v) is 7.54. The van der Waals surface area contributed by atoms with Crippen molar-refractivity contribution >= 4 is 61.3 Å². The van der Waals surface area contributed by atoms with Gasteiger partial charge < -0.3 is 21.1 Å². The van der Waals surface area contributed by atoms with Gasteiger partial charge in [0, 0.05) is 41.4 Å². The highest BCUT2D eigenvalue weighted by atomic mass is 79.9. The summed E-state index contributed by atoms with van der Waals surface area (Å²) in [5.41, 5.74) is 4.43. The highest BCUT2D eigenvalue weighted by Crippen LogP contribution is 2.22. The van der Waals surface area contributed by atoms with Gasteiger partial charge in [-0.1, -0.05) is 66.5 Å². The molecule has 0 spiro atoms. The molecule has 0 aromatic rings. The van der Waals surface area contributed by atoms with Crippen LogP contribution in [0.15, 0.2) is 0 Å². The number of carbonyl (C=O) groups excluding carboxylic acids is 5. The summed E-state index contributed by atoms with van der Waals surface area (Å²) in [6.07, 6.45) is 3.36. The van der Waals surface area contributed by atoms with Gasteiger partial charge in [0.25, 0.3) is 0 Å². The number of halogens is 2. The summed E-state index contributed by atoms with van der Waals surface area (Å²) in [5.74, 6) is -1.51. The fraction of sp³-hybridized carbons (Fsp3) is 0.808. The minimum atomic E-state index is -0.713. The molecule has 0 fully saturated rings. The van der Waals surface area contributed by atoms with Gasteiger partial charge >= 0.3 is 12.0 Å². The van der Waals surface area contributed by atoms with E-state index in [0.717, 1.165) is 6.42 Å². The molecule has 0 aliphatic heterocycles. The van der Waals surface area contributed by atoms with Crippen molar-refractivity contribution in [3.8, 4) is 0 Å². The normalized spacial score (nSPS) is 13.2. The average molecular weight is 655 g/mol. The van der Waals surface area contributed by atoms with E-state index in [1.165, 1.54) is 0 Å². The van der Waals surface area contributed by atoms with Crippen LogP contribution in [0.2, 0.25) is 0 Å². The maximum absolute atomic E-state index is 13.1. The van der Waals surface area contributed by atoms with Gasteiger partial charge in [0.1, 0.15) is 5.78 Å². The SMILES string of the molecule is CC(C)[C@H](CC(=O)CCCCCOC(=O)C(CBr)CBr)C(=O)N[C@@H](CCCNC(N)=O)C(=O)C(C)(C)C. The van der Waals surface area contributed by atoms with E-state index in [1.807, 2.05) is 13.8 Å². The van der Waals surface area contributed by atoms with E-state index in [9.17, 15) is 24.0 Å². The maximum Gasteiger partial charge on any atom is 0.312 e. The number of nitrogens with two attached hydrogens (primary N) is 1. The van der Waals surface area contributed by atoms with E-state index in [0.29, 0.717) is 55.9 Å². The molecule has 0 saturated carbocycles. The topological polar surface area (TPSA) is 145 Å². The molecule has 0 aliphatic rings. The van der Waals surface area contributed by atoms with Crippen LogP contribution < -0.4 is 16.4 Å². The minimum Gasteiger partial charge on any atom is -0.465 e. The van der Waals surface area contributed by atoms with Crippen molar-refractivity contribution in [2.75, 3.05) is 23.8 Å². The third-order valence-electron chi connectivity index (χ3n) is 5.98. The summed E-state index contributed by atoms with van der Waals surface area (Å²) in [6, 6.07) is -1.35. The second kappa shape index (κ2) is 18.7. The van der Waals surface area contributed by atoms with Crippen LogP contribution in [0.1, 0.15) is 79.6 Å². The Morgan fingerprint density at radius 3 is 2.08 bits per heavy atom. The Kier molecular flexibility index (Phi) is 18.0. The van der Waals surface area contributed by atoms with Crippen molar-refractivity contribution in [2.45, 2.75) is 85.6 Å². The Morgan fingerprint density at radius 2 is 1.57 bits per heavy atom. The van der Waals surface area contributed by atoms with Gasteiger partial charge in [-0.05, 0) is 38.0 Å². The zero-order valence-electron chi connectivity index (χ0n) is 22.9. The van der Waals surface area contributed by atoms with E-state index < -0.39 is 23.4 Å². The largest absolute Gasteiger partial charge is 0.465 e. The number of hydrogen-bond acceptors (Lipinski definition) is 6. The molecule has 0 radical (unpaired) electrons. The molecule has 9 nitrogen and oxygen atoms in total. The van der Waals surface area contributed by atoms with Crippen LogP contribution in [0.3, 0.4) is 0 Å². The maximum atomic E-state index is 13.1. The van der Waals surface area contributed by atoms with Crippen LogP contribution in [0.4, 0.5) is 4.79 Å². The van der Waals surface area contributed by atoms with Crippen molar-refractivity contribution in [3.63, 3.8) is 0 Å². The standard InChI is InChI=1S/C26H45Br2N3O6/c1-17(2)20(14-19(32)10-7-6-8-13-37-24(35)18(15-27)16-28)23(34)31-21(22(33)26(3,4)5)11-9-12-30-25(29)36/h17-18,20-21H,6-16H2,1-5H3,(H,31,34)(H3,29,30,36)/t20-,21-/m0/s1. The van der Waals surface area contributed by atoms with Crippen molar-refractivity contribution in [1.82, 2.24) is 10.6 Å². The van der Waals surface area contributed by atoms with Crippen LogP contribution in [0.25, 0.3) is 0 Å². The Balaban J connectivity index is 4.79. The summed E-state index contributed by atoms with van der Waals surface area (Å²) < 4.78 is 5.26. The molecular weight excluding hydrogens is 610 g/mol. The predicted octanol–water partition coefficient (Wildman–Crippen LogP) is 4.28. The molecule has 2 atom stereocenters. The number of primary amides is 1. The summed E-state index contributed by atoms with van der Waals surface area (Å²) in [5, 5.41) is 6.43. The number of nitrogens with one attached hydrogen (secondary N) is 2. The average Bonchev–Trinajstić information content (AvgIpc) is 2.80. The monoisotopic (exact) mass is 653 g/mol. The Labute approximate surface area is 238 Å². The first-order valence-electron chi connectivity index (χ1n) is 12.9. The number of alkyl halides is 2. The Morgan fingerprint density at radius 1 is 0.946 bits per heavy atom. The smallest absolute Gasteiger partial charge is 0.312 e. The second-order valence-electron chi connectivity index (χ2n) is 10.7. The van der Waals surface area contributed by atoms with Crippen molar-refractivity contribution in [2.24, 2.45) is 28.9 Å². The van der Waals surface area contributed by atoms with Gasteiger partial charge in [-0.15, -0.1) is 0 Å². The number of urea groups is 1. The molecule has 0 aromatic heterocycles. The molecular formula is C26H45Br2N3O6. The van der Waals surface area contributed by atoms with Crippen molar-refractivity contribution in [3.05, 3.63) is 0 Å². The molecule has 0 rings (SSSR count). The lowest BCUT2D eigenvalue weighted by molar-refractivity contribution is -0.147. The molecule has 0 aliphatic carbocycles. The molecule has 0 unspecified atom stereocenters. The zero-order chi connectivity index (χ0) is 28.6. The van der Waals surface area contributed by atoms with Gasteiger partial charge in [-0.25, -0.2) is 4.79 Å². The number of hydrogen-bond donors (Lipinski definition) is 3. The summed E-state index contributed by atoms with van der Waals surface area (Å²) in [6.45, 7) is 9.77. The predicted molar refractivity (Wildman–Crippen MR) is 152 cm³/mol. The summed E-state index contributed by atoms with van der Waals surface area (Å²) >= 11 is 6.56.